The summed E-state index contributed by atoms with van der Waals surface area (Å²) in [4.78, 5) is 2.63. The zero-order valence-corrected chi connectivity index (χ0v) is 12.0. The van der Waals surface area contributed by atoms with Crippen molar-refractivity contribution in [1.82, 2.24) is 10.2 Å². The molecule has 2 heteroatoms. The first kappa shape index (κ1) is 13.1. The van der Waals surface area contributed by atoms with Crippen molar-refractivity contribution in [3.05, 3.63) is 35.9 Å². The Morgan fingerprint density at radius 1 is 1.21 bits per heavy atom. The van der Waals surface area contributed by atoms with E-state index in [1.165, 1.54) is 50.9 Å². The van der Waals surface area contributed by atoms with Gasteiger partial charge in [0.15, 0.2) is 0 Å². The molecule has 3 saturated heterocycles. The summed E-state index contributed by atoms with van der Waals surface area (Å²) < 4.78 is 0. The SMILES string of the molecule is CCCC(NC1CN2CCC1CC2)c1ccccc1. The predicted molar refractivity (Wildman–Crippen MR) is 80.2 cm³/mol. The second-order valence-electron chi connectivity index (χ2n) is 6.16. The monoisotopic (exact) mass is 258 g/mol. The molecule has 4 rings (SSSR count). The molecule has 3 heterocycles. The maximum Gasteiger partial charge on any atom is 0.0323 e. The maximum atomic E-state index is 3.96. The number of hydrogen-bond acceptors (Lipinski definition) is 2. The standard InChI is InChI=1S/C17H26N2/c1-2-6-16(14-7-4-3-5-8-14)18-17-13-19-11-9-15(17)10-12-19/h3-5,7-8,15-18H,2,6,9-13H2,1H3. The van der Waals surface area contributed by atoms with Gasteiger partial charge in [-0.2, -0.15) is 0 Å². The van der Waals surface area contributed by atoms with E-state index in [1.54, 1.807) is 0 Å². The molecule has 3 aliphatic rings. The highest BCUT2D eigenvalue weighted by molar-refractivity contribution is 5.19. The average Bonchev–Trinajstić information content (AvgIpc) is 2.49. The van der Waals surface area contributed by atoms with Crippen LogP contribution in [0.1, 0.15) is 44.2 Å². The third-order valence-corrected chi connectivity index (χ3v) is 4.85. The summed E-state index contributed by atoms with van der Waals surface area (Å²) in [5.74, 6) is 0.910. The minimum atomic E-state index is 0.539. The third kappa shape index (κ3) is 3.01. The Morgan fingerprint density at radius 2 is 1.95 bits per heavy atom. The Kier molecular flexibility index (Phi) is 4.19. The smallest absolute Gasteiger partial charge is 0.0323 e. The average molecular weight is 258 g/mol. The molecule has 2 nitrogen and oxygen atoms in total. The van der Waals surface area contributed by atoms with Gasteiger partial charge in [-0.3, -0.25) is 0 Å². The van der Waals surface area contributed by atoms with E-state index in [0.29, 0.717) is 12.1 Å². The van der Waals surface area contributed by atoms with Crippen LogP contribution in [-0.4, -0.2) is 30.6 Å². The summed E-state index contributed by atoms with van der Waals surface area (Å²) in [5.41, 5.74) is 1.46. The predicted octanol–water partition coefficient (Wildman–Crippen LogP) is 3.21. The highest BCUT2D eigenvalue weighted by atomic mass is 15.2. The zero-order chi connectivity index (χ0) is 13.1. The van der Waals surface area contributed by atoms with Gasteiger partial charge < -0.3 is 10.2 Å². The van der Waals surface area contributed by atoms with Crippen LogP contribution in [0.15, 0.2) is 30.3 Å². The molecule has 0 aromatic heterocycles. The molecule has 3 aliphatic heterocycles. The van der Waals surface area contributed by atoms with Gasteiger partial charge in [0.2, 0.25) is 0 Å². The highest BCUT2D eigenvalue weighted by Gasteiger charge is 2.34. The van der Waals surface area contributed by atoms with E-state index in [0.717, 1.165) is 5.92 Å². The van der Waals surface area contributed by atoms with Crippen LogP contribution in [0.25, 0.3) is 0 Å². The van der Waals surface area contributed by atoms with Crippen LogP contribution < -0.4 is 5.32 Å². The van der Waals surface area contributed by atoms with E-state index in [9.17, 15) is 0 Å². The molecule has 19 heavy (non-hydrogen) atoms. The first-order chi connectivity index (χ1) is 9.36. The molecular formula is C17H26N2. The second-order valence-corrected chi connectivity index (χ2v) is 6.16. The van der Waals surface area contributed by atoms with Crippen LogP contribution >= 0.6 is 0 Å². The van der Waals surface area contributed by atoms with E-state index in [2.05, 4.69) is 47.5 Å². The van der Waals surface area contributed by atoms with Crippen molar-refractivity contribution in [2.24, 2.45) is 5.92 Å². The van der Waals surface area contributed by atoms with Gasteiger partial charge in [0.05, 0.1) is 0 Å². The zero-order valence-electron chi connectivity index (χ0n) is 12.0. The molecule has 104 valence electrons. The fourth-order valence-electron chi connectivity index (χ4n) is 3.73. The van der Waals surface area contributed by atoms with Crippen molar-refractivity contribution in [2.75, 3.05) is 19.6 Å². The van der Waals surface area contributed by atoms with E-state index in [1.807, 2.05) is 0 Å². The van der Waals surface area contributed by atoms with Gasteiger partial charge in [-0.05, 0) is 43.8 Å². The first-order valence-electron chi connectivity index (χ1n) is 7.90. The number of rotatable bonds is 5. The lowest BCUT2D eigenvalue weighted by Gasteiger charge is -2.46. The Balaban J connectivity index is 1.68. The number of hydrogen-bond donors (Lipinski definition) is 1. The first-order valence-corrected chi connectivity index (χ1v) is 7.90. The van der Waals surface area contributed by atoms with Gasteiger partial charge in [-0.1, -0.05) is 43.7 Å². The van der Waals surface area contributed by atoms with Crippen LogP contribution in [0.4, 0.5) is 0 Å². The number of benzene rings is 1. The lowest BCUT2D eigenvalue weighted by Crippen LogP contribution is -2.56. The van der Waals surface area contributed by atoms with Gasteiger partial charge in [0, 0.05) is 18.6 Å². The molecular weight excluding hydrogens is 232 g/mol. The molecule has 1 aromatic rings. The van der Waals surface area contributed by atoms with Gasteiger partial charge in [-0.15, -0.1) is 0 Å². The molecule has 0 aliphatic carbocycles. The fourth-order valence-corrected chi connectivity index (χ4v) is 3.73. The summed E-state index contributed by atoms with van der Waals surface area (Å²) in [7, 11) is 0. The summed E-state index contributed by atoms with van der Waals surface area (Å²) in [6, 6.07) is 12.2. The Bertz CT molecular complexity index is 382. The van der Waals surface area contributed by atoms with E-state index in [-0.39, 0.29) is 0 Å². The molecule has 2 atom stereocenters. The van der Waals surface area contributed by atoms with Crippen molar-refractivity contribution < 1.29 is 0 Å². The summed E-state index contributed by atoms with van der Waals surface area (Å²) >= 11 is 0. The van der Waals surface area contributed by atoms with Crippen LogP contribution in [-0.2, 0) is 0 Å². The lowest BCUT2D eigenvalue weighted by atomic mass is 9.83. The van der Waals surface area contributed by atoms with Crippen molar-refractivity contribution in [3.63, 3.8) is 0 Å². The number of nitrogens with one attached hydrogen (secondary N) is 1. The Hall–Kier alpha value is -0.860. The highest BCUT2D eigenvalue weighted by Crippen LogP contribution is 2.30. The molecule has 0 saturated carbocycles. The molecule has 2 bridgehead atoms. The second kappa shape index (κ2) is 6.06. The van der Waals surface area contributed by atoms with Gasteiger partial charge in [0.1, 0.15) is 0 Å². The van der Waals surface area contributed by atoms with Crippen molar-refractivity contribution in [3.8, 4) is 0 Å². The fraction of sp³-hybridized carbons (Fsp3) is 0.647. The van der Waals surface area contributed by atoms with Crippen LogP contribution in [0.5, 0.6) is 0 Å². The molecule has 2 unspecified atom stereocenters. The Morgan fingerprint density at radius 3 is 2.53 bits per heavy atom. The minimum Gasteiger partial charge on any atom is -0.306 e. The normalized spacial score (nSPS) is 31.3. The van der Waals surface area contributed by atoms with Crippen molar-refractivity contribution in [2.45, 2.75) is 44.7 Å². The molecule has 0 spiro atoms. The lowest BCUT2D eigenvalue weighted by molar-refractivity contribution is 0.0662. The molecule has 0 amide bonds. The van der Waals surface area contributed by atoms with Crippen LogP contribution in [0, 0.1) is 5.92 Å². The van der Waals surface area contributed by atoms with Gasteiger partial charge in [-0.25, -0.2) is 0 Å². The number of piperidine rings is 3. The van der Waals surface area contributed by atoms with Crippen molar-refractivity contribution >= 4 is 0 Å². The van der Waals surface area contributed by atoms with Crippen LogP contribution in [0.3, 0.4) is 0 Å². The molecule has 3 fully saturated rings. The molecule has 0 radical (unpaired) electrons. The number of nitrogens with zero attached hydrogens (tertiary/aromatic N) is 1. The topological polar surface area (TPSA) is 15.3 Å². The van der Waals surface area contributed by atoms with E-state index < -0.39 is 0 Å². The van der Waals surface area contributed by atoms with Crippen molar-refractivity contribution in [1.29, 1.82) is 0 Å². The third-order valence-electron chi connectivity index (χ3n) is 4.85. The Labute approximate surface area is 117 Å². The maximum absolute atomic E-state index is 3.96. The van der Waals surface area contributed by atoms with Gasteiger partial charge >= 0.3 is 0 Å². The summed E-state index contributed by atoms with van der Waals surface area (Å²) in [6.07, 6.45) is 5.28. The van der Waals surface area contributed by atoms with E-state index >= 15 is 0 Å². The summed E-state index contributed by atoms with van der Waals surface area (Å²) in [6.45, 7) is 6.20. The molecule has 1 aromatic carbocycles. The minimum absolute atomic E-state index is 0.539. The summed E-state index contributed by atoms with van der Waals surface area (Å²) in [5, 5.41) is 3.96. The number of fused-ring (bicyclic) bond motifs is 3. The van der Waals surface area contributed by atoms with E-state index in [4.69, 9.17) is 0 Å². The quantitative estimate of drug-likeness (QED) is 0.872. The molecule has 1 N–H and O–H groups in total. The van der Waals surface area contributed by atoms with Gasteiger partial charge in [0.25, 0.3) is 0 Å². The largest absolute Gasteiger partial charge is 0.306 e. The van der Waals surface area contributed by atoms with Crippen LogP contribution in [0.2, 0.25) is 0 Å².